The summed E-state index contributed by atoms with van der Waals surface area (Å²) in [6.07, 6.45) is 0. The van der Waals surface area contributed by atoms with Gasteiger partial charge in [0.1, 0.15) is 0 Å². The normalized spacial score (nSPS) is 9.86. The van der Waals surface area contributed by atoms with Gasteiger partial charge in [0.05, 0.1) is 0 Å². The zero-order valence-corrected chi connectivity index (χ0v) is 9.15. The molecule has 3 nitrogen and oxygen atoms in total. The average Bonchev–Trinajstić information content (AvgIpc) is 2.17. The van der Waals surface area contributed by atoms with Gasteiger partial charge < -0.3 is 5.32 Å². The monoisotopic (exact) mass is 210 g/mol. The summed E-state index contributed by atoms with van der Waals surface area (Å²) in [6.45, 7) is 2.12. The summed E-state index contributed by atoms with van der Waals surface area (Å²) in [5, 5.41) is 2.75. The highest BCUT2D eigenvalue weighted by Crippen LogP contribution is 2.14. The molecule has 14 heavy (non-hydrogen) atoms. The lowest BCUT2D eigenvalue weighted by Gasteiger charge is -2.03. The van der Waals surface area contributed by atoms with Crippen LogP contribution in [0.25, 0.3) is 0 Å². The summed E-state index contributed by atoms with van der Waals surface area (Å²) in [4.78, 5) is 11.8. The van der Waals surface area contributed by atoms with Crippen molar-refractivity contribution in [3.63, 3.8) is 0 Å². The fraction of sp³-hybridized carbons (Fsp3) is 0.300. The van der Waals surface area contributed by atoms with Gasteiger partial charge in [0, 0.05) is 18.4 Å². The summed E-state index contributed by atoms with van der Waals surface area (Å²) in [5.41, 5.74) is 1.11. The third-order valence-corrected chi connectivity index (χ3v) is 2.40. The lowest BCUT2D eigenvalue weighted by Crippen LogP contribution is -2.18. The van der Waals surface area contributed by atoms with Gasteiger partial charge in [-0.2, -0.15) is 0 Å². The van der Waals surface area contributed by atoms with Crippen LogP contribution in [0.5, 0.6) is 0 Å². The van der Waals surface area contributed by atoms with Gasteiger partial charge in [0.2, 0.25) is 5.91 Å². The van der Waals surface area contributed by atoms with Crippen LogP contribution in [-0.2, 0) is 11.3 Å². The SMILES string of the molecule is CNSc1ccc(CNC(C)=O)cc1. The van der Waals surface area contributed by atoms with Gasteiger partial charge in [-0.05, 0) is 36.7 Å². The zero-order chi connectivity index (χ0) is 10.4. The molecule has 0 aliphatic carbocycles. The molecule has 0 spiro atoms. The largest absolute Gasteiger partial charge is 0.352 e. The number of hydrogen-bond acceptors (Lipinski definition) is 3. The second-order valence-corrected chi connectivity index (χ2v) is 3.94. The minimum atomic E-state index is -0.00123. The van der Waals surface area contributed by atoms with Crippen LogP contribution < -0.4 is 10.0 Å². The first-order valence-corrected chi connectivity index (χ1v) is 5.21. The maximum atomic E-state index is 10.7. The fourth-order valence-corrected chi connectivity index (χ4v) is 1.53. The Labute approximate surface area is 88.4 Å². The molecule has 0 aromatic heterocycles. The average molecular weight is 210 g/mol. The molecule has 0 radical (unpaired) electrons. The summed E-state index contributed by atoms with van der Waals surface area (Å²) < 4.78 is 3.00. The number of carbonyl (C=O) groups excluding carboxylic acids is 1. The molecule has 0 aliphatic rings. The van der Waals surface area contributed by atoms with Crippen molar-refractivity contribution < 1.29 is 4.79 Å². The van der Waals surface area contributed by atoms with Crippen LogP contribution in [0.4, 0.5) is 0 Å². The summed E-state index contributed by atoms with van der Waals surface area (Å²) >= 11 is 1.57. The molecule has 0 saturated carbocycles. The van der Waals surface area contributed by atoms with Crippen molar-refractivity contribution in [2.75, 3.05) is 7.05 Å². The number of nitrogens with one attached hydrogen (secondary N) is 2. The highest BCUT2D eigenvalue weighted by atomic mass is 32.2. The maximum Gasteiger partial charge on any atom is 0.217 e. The Morgan fingerprint density at radius 3 is 2.50 bits per heavy atom. The van der Waals surface area contributed by atoms with Crippen molar-refractivity contribution in [2.24, 2.45) is 0 Å². The molecule has 76 valence electrons. The minimum absolute atomic E-state index is 0.00123. The van der Waals surface area contributed by atoms with E-state index in [1.807, 2.05) is 31.3 Å². The third-order valence-electron chi connectivity index (χ3n) is 1.68. The van der Waals surface area contributed by atoms with E-state index in [0.29, 0.717) is 6.54 Å². The molecule has 0 unspecified atom stereocenters. The highest BCUT2D eigenvalue weighted by molar-refractivity contribution is 7.97. The van der Waals surface area contributed by atoms with Crippen molar-refractivity contribution in [3.8, 4) is 0 Å². The van der Waals surface area contributed by atoms with E-state index in [0.717, 1.165) is 5.56 Å². The van der Waals surface area contributed by atoms with Crippen LogP contribution in [0.2, 0.25) is 0 Å². The molecule has 2 N–H and O–H groups in total. The van der Waals surface area contributed by atoms with Gasteiger partial charge in [-0.1, -0.05) is 12.1 Å². The lowest BCUT2D eigenvalue weighted by atomic mass is 10.2. The Kier molecular flexibility index (Phi) is 4.49. The molecular weight excluding hydrogens is 196 g/mol. The molecule has 1 amide bonds. The van der Waals surface area contributed by atoms with Crippen LogP contribution in [-0.4, -0.2) is 13.0 Å². The molecule has 0 atom stereocenters. The van der Waals surface area contributed by atoms with Crippen LogP contribution in [0.15, 0.2) is 29.2 Å². The lowest BCUT2D eigenvalue weighted by molar-refractivity contribution is -0.119. The van der Waals surface area contributed by atoms with Crippen molar-refractivity contribution in [1.82, 2.24) is 10.0 Å². The van der Waals surface area contributed by atoms with E-state index in [-0.39, 0.29) is 5.91 Å². The smallest absolute Gasteiger partial charge is 0.217 e. The van der Waals surface area contributed by atoms with Crippen molar-refractivity contribution in [1.29, 1.82) is 0 Å². The van der Waals surface area contributed by atoms with Gasteiger partial charge in [-0.25, -0.2) is 0 Å². The molecule has 1 aromatic rings. The summed E-state index contributed by atoms with van der Waals surface area (Å²) in [5.74, 6) is -0.00123. The van der Waals surface area contributed by atoms with Crippen LogP contribution in [0, 0.1) is 0 Å². The first kappa shape index (κ1) is 11.1. The molecule has 4 heteroatoms. The molecular formula is C10H14N2OS. The van der Waals surface area contributed by atoms with Crippen molar-refractivity contribution in [2.45, 2.75) is 18.4 Å². The summed E-state index contributed by atoms with van der Waals surface area (Å²) in [7, 11) is 1.88. The van der Waals surface area contributed by atoms with Gasteiger partial charge >= 0.3 is 0 Å². The predicted molar refractivity (Wildman–Crippen MR) is 58.9 cm³/mol. The van der Waals surface area contributed by atoms with Crippen LogP contribution in [0.1, 0.15) is 12.5 Å². The van der Waals surface area contributed by atoms with E-state index >= 15 is 0 Å². The van der Waals surface area contributed by atoms with E-state index in [1.54, 1.807) is 11.9 Å². The molecule has 0 bridgehead atoms. The third kappa shape index (κ3) is 3.81. The first-order valence-electron chi connectivity index (χ1n) is 4.39. The predicted octanol–water partition coefficient (Wildman–Crippen LogP) is 1.55. The maximum absolute atomic E-state index is 10.7. The standard InChI is InChI=1S/C10H14N2OS/c1-8(13)12-7-9-3-5-10(6-4-9)14-11-2/h3-6,11H,7H2,1-2H3,(H,12,13). The molecule has 0 saturated heterocycles. The van der Waals surface area contributed by atoms with Crippen molar-refractivity contribution in [3.05, 3.63) is 29.8 Å². The Morgan fingerprint density at radius 2 is 2.00 bits per heavy atom. The number of amides is 1. The van der Waals surface area contributed by atoms with E-state index in [2.05, 4.69) is 10.0 Å². The number of hydrogen-bond donors (Lipinski definition) is 2. The molecule has 1 rings (SSSR count). The number of rotatable bonds is 4. The summed E-state index contributed by atoms with van der Waals surface area (Å²) in [6, 6.07) is 8.07. The fourth-order valence-electron chi connectivity index (χ4n) is 1.02. The Morgan fingerprint density at radius 1 is 1.36 bits per heavy atom. The van der Waals surface area contributed by atoms with Gasteiger partial charge in [0.15, 0.2) is 0 Å². The second kappa shape index (κ2) is 5.67. The van der Waals surface area contributed by atoms with Gasteiger partial charge in [-0.3, -0.25) is 9.52 Å². The first-order chi connectivity index (χ1) is 6.72. The van der Waals surface area contributed by atoms with E-state index < -0.39 is 0 Å². The molecule has 0 fully saturated rings. The Bertz CT molecular complexity index is 297. The van der Waals surface area contributed by atoms with Crippen molar-refractivity contribution >= 4 is 17.9 Å². The Hall–Kier alpha value is -1.00. The van der Waals surface area contributed by atoms with E-state index in [1.165, 1.54) is 11.8 Å². The van der Waals surface area contributed by atoms with Gasteiger partial charge in [-0.15, -0.1) is 0 Å². The highest BCUT2D eigenvalue weighted by Gasteiger charge is 1.95. The topological polar surface area (TPSA) is 41.1 Å². The number of carbonyl (C=O) groups is 1. The van der Waals surface area contributed by atoms with Crippen LogP contribution >= 0.6 is 11.9 Å². The molecule has 0 aliphatic heterocycles. The zero-order valence-electron chi connectivity index (χ0n) is 8.33. The molecule has 0 heterocycles. The molecule has 1 aromatic carbocycles. The quantitative estimate of drug-likeness (QED) is 0.741. The Balaban J connectivity index is 2.50. The minimum Gasteiger partial charge on any atom is -0.352 e. The van der Waals surface area contributed by atoms with Gasteiger partial charge in [0.25, 0.3) is 0 Å². The second-order valence-electron chi connectivity index (χ2n) is 2.86. The van der Waals surface area contributed by atoms with E-state index in [9.17, 15) is 4.79 Å². The van der Waals surface area contributed by atoms with E-state index in [4.69, 9.17) is 0 Å². The van der Waals surface area contributed by atoms with Crippen LogP contribution in [0.3, 0.4) is 0 Å². The number of benzene rings is 1.